The average molecular weight is 530 g/mol. The molecule has 0 aliphatic carbocycles. The van der Waals surface area contributed by atoms with E-state index in [1.807, 2.05) is 89.8 Å². The van der Waals surface area contributed by atoms with Crippen molar-refractivity contribution in [2.24, 2.45) is 0 Å². The second kappa shape index (κ2) is 11.1. The fourth-order valence-corrected chi connectivity index (χ4v) is 5.92. The molecule has 0 bridgehead atoms. The zero-order valence-electron chi connectivity index (χ0n) is 21.2. The first-order chi connectivity index (χ1) is 19.2. The van der Waals surface area contributed by atoms with Crippen LogP contribution in [-0.2, 0) is 6.61 Å². The van der Waals surface area contributed by atoms with Crippen molar-refractivity contribution in [2.75, 3.05) is 10.7 Å². The highest BCUT2D eigenvalue weighted by molar-refractivity contribution is 8.14. The van der Waals surface area contributed by atoms with Crippen molar-refractivity contribution in [1.82, 2.24) is 0 Å². The summed E-state index contributed by atoms with van der Waals surface area (Å²) in [4.78, 5) is 15.0. The highest BCUT2D eigenvalue weighted by Gasteiger charge is 2.36. The number of benzene rings is 5. The van der Waals surface area contributed by atoms with Gasteiger partial charge in [0.05, 0.1) is 6.04 Å². The Labute approximate surface area is 232 Å². The molecule has 0 aromatic heterocycles. The van der Waals surface area contributed by atoms with Crippen molar-refractivity contribution in [2.45, 2.75) is 12.6 Å². The minimum Gasteiger partial charge on any atom is -0.508 e. The number of amides is 1. The van der Waals surface area contributed by atoms with Gasteiger partial charge in [-0.2, -0.15) is 0 Å². The zero-order valence-corrected chi connectivity index (χ0v) is 22.1. The molecule has 1 unspecified atom stereocenters. The molecular weight excluding hydrogens is 502 g/mol. The van der Waals surface area contributed by atoms with Gasteiger partial charge in [0.2, 0.25) is 0 Å². The van der Waals surface area contributed by atoms with Gasteiger partial charge in [0, 0.05) is 17.0 Å². The molecule has 39 heavy (non-hydrogen) atoms. The van der Waals surface area contributed by atoms with Crippen LogP contribution >= 0.6 is 11.8 Å². The first kappa shape index (κ1) is 24.8. The van der Waals surface area contributed by atoms with Crippen LogP contribution in [0.1, 0.15) is 17.2 Å². The third-order valence-electron chi connectivity index (χ3n) is 6.91. The lowest BCUT2D eigenvalue weighted by atomic mass is 9.98. The molecule has 192 valence electrons. The van der Waals surface area contributed by atoms with E-state index in [1.165, 1.54) is 11.8 Å². The topological polar surface area (TPSA) is 49.8 Å². The molecule has 1 heterocycles. The molecule has 5 heteroatoms. The third-order valence-corrected chi connectivity index (χ3v) is 7.84. The molecule has 6 rings (SSSR count). The van der Waals surface area contributed by atoms with Crippen molar-refractivity contribution >= 4 is 22.7 Å². The van der Waals surface area contributed by atoms with Gasteiger partial charge in [-0.15, -0.1) is 0 Å². The van der Waals surface area contributed by atoms with Crippen LogP contribution in [-0.4, -0.2) is 16.1 Å². The van der Waals surface area contributed by atoms with Crippen molar-refractivity contribution in [3.63, 3.8) is 0 Å². The number of nitrogens with zero attached hydrogens (tertiary/aromatic N) is 1. The maximum Gasteiger partial charge on any atom is 0.286 e. The van der Waals surface area contributed by atoms with E-state index in [9.17, 15) is 9.90 Å². The first-order valence-corrected chi connectivity index (χ1v) is 13.9. The van der Waals surface area contributed by atoms with E-state index in [4.69, 9.17) is 4.74 Å². The molecule has 1 amide bonds. The average Bonchev–Trinajstić information content (AvgIpc) is 3.38. The Morgan fingerprint density at radius 1 is 0.718 bits per heavy atom. The summed E-state index contributed by atoms with van der Waals surface area (Å²) in [5.41, 5.74) is 6.97. The molecule has 1 aliphatic rings. The van der Waals surface area contributed by atoms with E-state index in [2.05, 4.69) is 30.3 Å². The maximum atomic E-state index is 13.2. The number of phenolic OH excluding ortho intramolecular Hbond substituents is 1. The van der Waals surface area contributed by atoms with Crippen LogP contribution in [0, 0.1) is 0 Å². The van der Waals surface area contributed by atoms with Gasteiger partial charge in [-0.3, -0.25) is 9.69 Å². The zero-order chi connectivity index (χ0) is 26.6. The predicted octanol–water partition coefficient (Wildman–Crippen LogP) is 8.72. The minimum absolute atomic E-state index is 0.0264. The number of rotatable bonds is 7. The molecule has 1 fully saturated rings. The molecule has 0 spiro atoms. The van der Waals surface area contributed by atoms with E-state index in [0.29, 0.717) is 12.4 Å². The third kappa shape index (κ3) is 5.40. The lowest BCUT2D eigenvalue weighted by Gasteiger charge is -2.26. The summed E-state index contributed by atoms with van der Waals surface area (Å²) in [7, 11) is 0. The Hall–Kier alpha value is -4.48. The molecule has 1 atom stereocenters. The highest BCUT2D eigenvalue weighted by atomic mass is 32.2. The van der Waals surface area contributed by atoms with Gasteiger partial charge >= 0.3 is 0 Å². The number of anilines is 1. The van der Waals surface area contributed by atoms with E-state index < -0.39 is 0 Å². The van der Waals surface area contributed by atoms with Crippen LogP contribution in [0.2, 0.25) is 0 Å². The quantitative estimate of drug-likeness (QED) is 0.229. The number of thioether (sulfide) groups is 1. The maximum absolute atomic E-state index is 13.2. The van der Waals surface area contributed by atoms with Crippen LogP contribution in [0.5, 0.6) is 11.5 Å². The number of ether oxygens (including phenoxy) is 1. The Morgan fingerprint density at radius 2 is 1.36 bits per heavy atom. The van der Waals surface area contributed by atoms with Crippen LogP contribution in [0.4, 0.5) is 10.5 Å². The Balaban J connectivity index is 1.35. The summed E-state index contributed by atoms with van der Waals surface area (Å²) >= 11 is 1.33. The van der Waals surface area contributed by atoms with E-state index in [1.54, 1.807) is 12.1 Å². The summed E-state index contributed by atoms with van der Waals surface area (Å²) in [6.45, 7) is 0.414. The predicted molar refractivity (Wildman–Crippen MR) is 159 cm³/mol. The largest absolute Gasteiger partial charge is 0.508 e. The summed E-state index contributed by atoms with van der Waals surface area (Å²) < 4.78 is 6.41. The number of hydrogen-bond acceptors (Lipinski definition) is 4. The molecule has 0 saturated carbocycles. The number of phenols is 1. The number of aromatic hydroxyl groups is 1. The summed E-state index contributed by atoms with van der Waals surface area (Å²) in [6, 6.07) is 41.6. The molecule has 0 radical (unpaired) electrons. The van der Waals surface area contributed by atoms with Crippen LogP contribution in [0.25, 0.3) is 22.3 Å². The van der Waals surface area contributed by atoms with E-state index >= 15 is 0 Å². The Morgan fingerprint density at radius 3 is 2.10 bits per heavy atom. The molecule has 5 aromatic carbocycles. The molecule has 4 nitrogen and oxygen atoms in total. The first-order valence-electron chi connectivity index (χ1n) is 12.9. The van der Waals surface area contributed by atoms with Gasteiger partial charge in [0.15, 0.2) is 0 Å². The fraction of sp³-hybridized carbons (Fsp3) is 0.0882. The van der Waals surface area contributed by atoms with Gasteiger partial charge < -0.3 is 9.84 Å². The standard InChI is InChI=1S/C34H27NO3S/c36-30-13-7-12-27(20-30)28-16-19-31(33(21-28)38-22-24-8-3-1-4-9-24)32-23-39-34(37)35(32)29-17-14-26(15-18-29)25-10-5-2-6-11-25/h1-21,32,36H,22-23H2. The number of hydrogen-bond donors (Lipinski definition) is 1. The molecule has 5 aromatic rings. The van der Waals surface area contributed by atoms with Gasteiger partial charge in [0.1, 0.15) is 18.1 Å². The summed E-state index contributed by atoms with van der Waals surface area (Å²) in [5.74, 6) is 1.57. The van der Waals surface area contributed by atoms with Crippen molar-refractivity contribution in [3.05, 3.63) is 139 Å². The molecular formula is C34H27NO3S. The monoisotopic (exact) mass is 529 g/mol. The van der Waals surface area contributed by atoms with Crippen molar-refractivity contribution in [1.29, 1.82) is 0 Å². The van der Waals surface area contributed by atoms with Crippen LogP contribution in [0.15, 0.2) is 127 Å². The lowest BCUT2D eigenvalue weighted by molar-refractivity contribution is 0.264. The lowest BCUT2D eigenvalue weighted by Crippen LogP contribution is -2.27. The summed E-state index contributed by atoms with van der Waals surface area (Å²) in [5, 5.41) is 10.1. The molecule has 1 aliphatic heterocycles. The normalized spacial score (nSPS) is 14.9. The van der Waals surface area contributed by atoms with Crippen molar-refractivity contribution < 1.29 is 14.6 Å². The SMILES string of the molecule is O=C1SCC(c2ccc(-c3cccc(O)c3)cc2OCc2ccccc2)N1c1ccc(-c2ccccc2)cc1. The van der Waals surface area contributed by atoms with E-state index in [0.717, 1.165) is 44.8 Å². The minimum atomic E-state index is -0.172. The summed E-state index contributed by atoms with van der Waals surface area (Å²) in [6.07, 6.45) is 0. The second-order valence-corrected chi connectivity index (χ2v) is 10.4. The Kier molecular flexibility index (Phi) is 7.07. The number of carbonyl (C=O) groups is 1. The smallest absolute Gasteiger partial charge is 0.286 e. The van der Waals surface area contributed by atoms with E-state index in [-0.39, 0.29) is 17.0 Å². The number of carbonyl (C=O) groups excluding carboxylic acids is 1. The van der Waals surface area contributed by atoms with Gasteiger partial charge in [-0.1, -0.05) is 109 Å². The fourth-order valence-electron chi connectivity index (χ4n) is 4.92. The van der Waals surface area contributed by atoms with Crippen molar-refractivity contribution in [3.8, 4) is 33.8 Å². The second-order valence-electron chi connectivity index (χ2n) is 9.45. The Bertz CT molecular complexity index is 1590. The van der Waals surface area contributed by atoms with Gasteiger partial charge in [-0.05, 0) is 58.1 Å². The molecule has 1 N–H and O–H groups in total. The van der Waals surface area contributed by atoms with Gasteiger partial charge in [0.25, 0.3) is 5.24 Å². The highest BCUT2D eigenvalue weighted by Crippen LogP contribution is 2.43. The van der Waals surface area contributed by atoms with Crippen LogP contribution < -0.4 is 9.64 Å². The van der Waals surface area contributed by atoms with Gasteiger partial charge in [-0.25, -0.2) is 0 Å². The van der Waals surface area contributed by atoms with Crippen LogP contribution in [0.3, 0.4) is 0 Å². The molecule has 1 saturated heterocycles.